The molecule has 8 heteroatoms. The summed E-state index contributed by atoms with van der Waals surface area (Å²) in [6.07, 6.45) is 0. The van der Waals surface area contributed by atoms with E-state index in [0.717, 1.165) is 16.8 Å². The highest BCUT2D eigenvalue weighted by Crippen LogP contribution is 2.22. The van der Waals surface area contributed by atoms with Crippen LogP contribution in [0, 0.1) is 6.92 Å². The number of imidazole rings is 1. The largest absolute Gasteiger partial charge is 0.332 e. The first kappa shape index (κ1) is 16.3. The van der Waals surface area contributed by atoms with Gasteiger partial charge in [0.05, 0.1) is 18.8 Å². The second-order valence-corrected chi connectivity index (χ2v) is 6.75. The molecular formula is C18H20N6O2. The van der Waals surface area contributed by atoms with Crippen LogP contribution in [0.25, 0.3) is 11.2 Å². The topological polar surface area (TPSA) is 77.4 Å². The number of hydrazone groups is 1. The van der Waals surface area contributed by atoms with Crippen LogP contribution < -0.4 is 16.3 Å². The van der Waals surface area contributed by atoms with Crippen molar-refractivity contribution in [3.8, 4) is 0 Å². The van der Waals surface area contributed by atoms with Gasteiger partial charge < -0.3 is 0 Å². The average Bonchev–Trinajstić information content (AvgIpc) is 2.97. The first-order chi connectivity index (χ1) is 12.4. The van der Waals surface area contributed by atoms with Gasteiger partial charge in [0, 0.05) is 14.1 Å². The quantitative estimate of drug-likeness (QED) is 0.691. The van der Waals surface area contributed by atoms with Gasteiger partial charge in [-0.3, -0.25) is 18.5 Å². The third-order valence-corrected chi connectivity index (χ3v) is 4.63. The van der Waals surface area contributed by atoms with E-state index in [1.165, 1.54) is 9.13 Å². The number of anilines is 1. The van der Waals surface area contributed by atoms with Crippen molar-refractivity contribution in [3.05, 3.63) is 56.2 Å². The Morgan fingerprint density at radius 2 is 1.92 bits per heavy atom. The molecule has 0 saturated carbocycles. The summed E-state index contributed by atoms with van der Waals surface area (Å²) in [6, 6.07) is 7.80. The van der Waals surface area contributed by atoms with Gasteiger partial charge in [0.1, 0.15) is 0 Å². The van der Waals surface area contributed by atoms with Crippen molar-refractivity contribution in [3.63, 3.8) is 0 Å². The van der Waals surface area contributed by atoms with Crippen LogP contribution in [0.1, 0.15) is 18.1 Å². The summed E-state index contributed by atoms with van der Waals surface area (Å²) in [5.41, 5.74) is 2.98. The number of rotatable bonds is 2. The van der Waals surface area contributed by atoms with Crippen LogP contribution in [0.15, 0.2) is 39.0 Å². The van der Waals surface area contributed by atoms with Crippen LogP contribution in [0.3, 0.4) is 0 Å². The molecule has 0 fully saturated rings. The number of aryl methyl sites for hydroxylation is 2. The summed E-state index contributed by atoms with van der Waals surface area (Å²) in [5.74, 6) is 0.561. The summed E-state index contributed by atoms with van der Waals surface area (Å²) in [5, 5.41) is 6.00. The summed E-state index contributed by atoms with van der Waals surface area (Å²) in [6.45, 7) is 4.60. The van der Waals surface area contributed by atoms with Crippen LogP contribution in [0.4, 0.5) is 5.95 Å². The van der Waals surface area contributed by atoms with E-state index >= 15 is 0 Å². The van der Waals surface area contributed by atoms with Gasteiger partial charge in [-0.05, 0) is 19.4 Å². The van der Waals surface area contributed by atoms with Gasteiger partial charge in [-0.25, -0.2) is 9.80 Å². The molecule has 0 bridgehead atoms. The lowest BCUT2D eigenvalue weighted by Gasteiger charge is -2.20. The molecule has 3 heterocycles. The molecule has 0 spiro atoms. The third kappa shape index (κ3) is 2.37. The first-order valence-electron chi connectivity index (χ1n) is 8.40. The lowest BCUT2D eigenvalue weighted by atomic mass is 10.1. The van der Waals surface area contributed by atoms with Gasteiger partial charge in [0.15, 0.2) is 11.2 Å². The minimum absolute atomic E-state index is 0.229. The molecule has 0 N–H and O–H groups in total. The van der Waals surface area contributed by atoms with E-state index in [0.29, 0.717) is 23.7 Å². The molecule has 26 heavy (non-hydrogen) atoms. The molecule has 8 nitrogen and oxygen atoms in total. The summed E-state index contributed by atoms with van der Waals surface area (Å²) in [4.78, 5) is 30.4. The fraction of sp³-hybridized carbons (Fsp3) is 0.333. The average molecular weight is 352 g/mol. The summed E-state index contributed by atoms with van der Waals surface area (Å²) >= 11 is 0. The lowest BCUT2D eigenvalue weighted by molar-refractivity contribution is 0.653. The standard InChI is InChI=1S/C18H20N6O2/c1-11-6-5-7-13(8-11)10-24-16(25)14-15(21(3)18(24)26)19-17-22(4)20-12(2)9-23(14)17/h5-8H,9-10H2,1-4H3. The van der Waals surface area contributed by atoms with E-state index in [-0.39, 0.29) is 17.8 Å². The summed E-state index contributed by atoms with van der Waals surface area (Å²) in [7, 11) is 3.42. The number of hydrogen-bond donors (Lipinski definition) is 0. The lowest BCUT2D eigenvalue weighted by Crippen LogP contribution is -2.40. The van der Waals surface area contributed by atoms with Crippen LogP contribution in [-0.4, -0.2) is 31.4 Å². The highest BCUT2D eigenvalue weighted by atomic mass is 16.2. The van der Waals surface area contributed by atoms with Crippen molar-refractivity contribution in [1.82, 2.24) is 18.7 Å². The Labute approximate surface area is 149 Å². The van der Waals surface area contributed by atoms with Crippen molar-refractivity contribution in [2.45, 2.75) is 26.9 Å². The van der Waals surface area contributed by atoms with Crippen molar-refractivity contribution < 1.29 is 0 Å². The Bertz CT molecular complexity index is 1180. The van der Waals surface area contributed by atoms with Gasteiger partial charge in [-0.2, -0.15) is 10.1 Å². The van der Waals surface area contributed by atoms with Crippen molar-refractivity contribution in [2.24, 2.45) is 12.1 Å². The molecule has 0 aliphatic carbocycles. The van der Waals surface area contributed by atoms with Gasteiger partial charge in [0.25, 0.3) is 5.56 Å². The smallest absolute Gasteiger partial charge is 0.297 e. The van der Waals surface area contributed by atoms with Crippen LogP contribution in [0.2, 0.25) is 0 Å². The minimum Gasteiger partial charge on any atom is -0.297 e. The van der Waals surface area contributed by atoms with E-state index in [1.54, 1.807) is 19.1 Å². The monoisotopic (exact) mass is 352 g/mol. The fourth-order valence-electron chi connectivity index (χ4n) is 3.45. The number of benzene rings is 1. The van der Waals surface area contributed by atoms with Gasteiger partial charge >= 0.3 is 5.69 Å². The van der Waals surface area contributed by atoms with E-state index in [4.69, 9.17) is 0 Å². The molecule has 4 rings (SSSR count). The summed E-state index contributed by atoms with van der Waals surface area (Å²) < 4.78 is 4.53. The highest BCUT2D eigenvalue weighted by Gasteiger charge is 2.24. The Morgan fingerprint density at radius 1 is 1.15 bits per heavy atom. The molecule has 2 aromatic heterocycles. The Kier molecular flexibility index (Phi) is 3.57. The van der Waals surface area contributed by atoms with Gasteiger partial charge in [-0.1, -0.05) is 29.8 Å². The predicted octanol–water partition coefficient (Wildman–Crippen LogP) is 1.08. The highest BCUT2D eigenvalue weighted by molar-refractivity contribution is 5.87. The van der Waals surface area contributed by atoms with Crippen molar-refractivity contribution in [2.75, 3.05) is 12.1 Å². The molecule has 3 aromatic rings. The maximum absolute atomic E-state index is 13.2. The Hall–Kier alpha value is -3.16. The number of fused-ring (bicyclic) bond motifs is 3. The molecule has 0 radical (unpaired) electrons. The second kappa shape index (κ2) is 5.69. The molecule has 1 aliphatic rings. The number of aromatic nitrogens is 4. The van der Waals surface area contributed by atoms with E-state index in [9.17, 15) is 9.59 Å². The van der Waals surface area contributed by atoms with E-state index in [1.807, 2.05) is 42.7 Å². The normalized spacial score (nSPS) is 13.8. The number of hydrogen-bond acceptors (Lipinski definition) is 5. The molecule has 134 valence electrons. The molecule has 1 aromatic carbocycles. The molecule has 0 saturated heterocycles. The van der Waals surface area contributed by atoms with Crippen LogP contribution >= 0.6 is 0 Å². The van der Waals surface area contributed by atoms with Gasteiger partial charge in [-0.15, -0.1) is 0 Å². The van der Waals surface area contributed by atoms with Crippen LogP contribution in [-0.2, 0) is 20.1 Å². The molecule has 1 aliphatic heterocycles. The third-order valence-electron chi connectivity index (χ3n) is 4.63. The second-order valence-electron chi connectivity index (χ2n) is 6.75. The van der Waals surface area contributed by atoms with Gasteiger partial charge in [0.2, 0.25) is 5.95 Å². The molecule has 0 amide bonds. The SMILES string of the molecule is CC1=NN(C)c2nc3c(c(=O)n(Cc4cccc(C)c4)c(=O)n3C)n2C1. The first-order valence-corrected chi connectivity index (χ1v) is 8.40. The van der Waals surface area contributed by atoms with E-state index < -0.39 is 0 Å². The zero-order valence-corrected chi connectivity index (χ0v) is 15.2. The van der Waals surface area contributed by atoms with Crippen molar-refractivity contribution in [1.29, 1.82) is 0 Å². The van der Waals surface area contributed by atoms with E-state index in [2.05, 4.69) is 10.1 Å². The Balaban J connectivity index is 1.97. The van der Waals surface area contributed by atoms with Crippen LogP contribution in [0.5, 0.6) is 0 Å². The van der Waals surface area contributed by atoms with Crippen molar-refractivity contribution >= 4 is 22.8 Å². The maximum atomic E-state index is 13.2. The minimum atomic E-state index is -0.375. The molecule has 0 unspecified atom stereocenters. The zero-order valence-electron chi connectivity index (χ0n) is 15.2. The molecule has 0 atom stereocenters. The predicted molar refractivity (Wildman–Crippen MR) is 101 cm³/mol. The Morgan fingerprint density at radius 3 is 2.65 bits per heavy atom. The number of nitrogens with zero attached hydrogens (tertiary/aromatic N) is 6. The fourth-order valence-corrected chi connectivity index (χ4v) is 3.45. The molecular weight excluding hydrogens is 332 g/mol. The maximum Gasteiger partial charge on any atom is 0.332 e. The zero-order chi connectivity index (χ0) is 18.6.